The summed E-state index contributed by atoms with van der Waals surface area (Å²) in [6.45, 7) is 9.47. The second-order valence-corrected chi connectivity index (χ2v) is 11.0. The molecule has 4 aliphatic carbocycles. The summed E-state index contributed by atoms with van der Waals surface area (Å²) in [5.74, 6) is 2.75. The predicted molar refractivity (Wildman–Crippen MR) is 143 cm³/mol. The van der Waals surface area contributed by atoms with E-state index < -0.39 is 0 Å². The first-order valence-corrected chi connectivity index (χ1v) is 13.8. The van der Waals surface area contributed by atoms with Crippen LogP contribution in [0.25, 0.3) is 5.57 Å². The monoisotopic (exact) mass is 438 g/mol. The maximum Gasteiger partial charge on any atom is 0.00839 e. The van der Waals surface area contributed by atoms with Crippen LogP contribution in [0.4, 0.5) is 0 Å². The van der Waals surface area contributed by atoms with E-state index in [1.807, 2.05) is 0 Å². The number of hydrogen-bond donors (Lipinski definition) is 0. The summed E-state index contributed by atoms with van der Waals surface area (Å²) in [5.41, 5.74) is 10.6. The second kappa shape index (κ2) is 10.0. The van der Waals surface area contributed by atoms with Crippen molar-refractivity contribution in [2.24, 2.45) is 17.8 Å². The van der Waals surface area contributed by atoms with Gasteiger partial charge in [-0.3, -0.25) is 0 Å². The number of rotatable bonds is 7. The molecule has 0 saturated heterocycles. The zero-order valence-electron chi connectivity index (χ0n) is 20.9. The molecule has 0 heteroatoms. The highest BCUT2D eigenvalue weighted by atomic mass is 14.4. The van der Waals surface area contributed by atoms with Gasteiger partial charge in [0.15, 0.2) is 0 Å². The first-order valence-electron chi connectivity index (χ1n) is 13.8. The van der Waals surface area contributed by atoms with E-state index in [0.29, 0.717) is 17.8 Å². The highest BCUT2D eigenvalue weighted by Crippen LogP contribution is 2.47. The van der Waals surface area contributed by atoms with E-state index in [1.54, 1.807) is 16.7 Å². The van der Waals surface area contributed by atoms with Crippen LogP contribution in [0.5, 0.6) is 0 Å². The molecule has 3 atom stereocenters. The maximum atomic E-state index is 4.61. The fraction of sp³-hybridized carbons (Fsp3) is 0.515. The normalized spacial score (nSPS) is 26.5. The van der Waals surface area contributed by atoms with Gasteiger partial charge in [0.05, 0.1) is 0 Å². The van der Waals surface area contributed by atoms with Crippen molar-refractivity contribution in [1.82, 2.24) is 0 Å². The van der Waals surface area contributed by atoms with E-state index in [-0.39, 0.29) is 0 Å². The third-order valence-corrected chi connectivity index (χ3v) is 8.99. The summed E-state index contributed by atoms with van der Waals surface area (Å²) in [6.07, 6.45) is 28.8. The van der Waals surface area contributed by atoms with Crippen molar-refractivity contribution < 1.29 is 0 Å². The SMILES string of the molecule is C=C1/C(=C/C2=CCC3C=CC=CC23)Cc2c1ccc(CCCCC)c2C(C)C1CCCCC1. The maximum absolute atomic E-state index is 4.61. The molecule has 0 radical (unpaired) electrons. The zero-order chi connectivity index (χ0) is 22.8. The van der Waals surface area contributed by atoms with E-state index in [0.717, 1.165) is 12.3 Å². The highest BCUT2D eigenvalue weighted by molar-refractivity contribution is 5.86. The fourth-order valence-electron chi connectivity index (χ4n) is 7.02. The Morgan fingerprint density at radius 1 is 1.06 bits per heavy atom. The van der Waals surface area contributed by atoms with Gasteiger partial charge in [0, 0.05) is 5.92 Å². The molecule has 1 aromatic carbocycles. The van der Waals surface area contributed by atoms with Gasteiger partial charge in [-0.2, -0.15) is 0 Å². The summed E-state index contributed by atoms with van der Waals surface area (Å²) in [6, 6.07) is 4.88. The minimum absolute atomic E-state index is 0.559. The second-order valence-electron chi connectivity index (χ2n) is 11.0. The largest absolute Gasteiger partial charge is 0.0909 e. The van der Waals surface area contributed by atoms with Crippen molar-refractivity contribution >= 4 is 5.57 Å². The minimum atomic E-state index is 0.559. The number of unbranched alkanes of at least 4 members (excludes halogenated alkanes) is 2. The van der Waals surface area contributed by atoms with Crippen molar-refractivity contribution in [2.45, 2.75) is 90.4 Å². The van der Waals surface area contributed by atoms with Crippen LogP contribution in [0.1, 0.15) is 99.8 Å². The molecule has 0 spiro atoms. The average Bonchev–Trinajstić information content (AvgIpc) is 3.40. The fourth-order valence-corrected chi connectivity index (χ4v) is 7.02. The Bertz CT molecular complexity index is 1000. The Morgan fingerprint density at radius 3 is 2.70 bits per heavy atom. The first kappa shape index (κ1) is 22.7. The summed E-state index contributed by atoms with van der Waals surface area (Å²) in [7, 11) is 0. The number of aryl methyl sites for hydroxylation is 1. The van der Waals surface area contributed by atoms with Gasteiger partial charge in [-0.05, 0) is 95.3 Å². The van der Waals surface area contributed by atoms with Crippen molar-refractivity contribution in [2.75, 3.05) is 0 Å². The zero-order valence-corrected chi connectivity index (χ0v) is 20.9. The number of fused-ring (bicyclic) bond motifs is 2. The molecule has 1 fully saturated rings. The van der Waals surface area contributed by atoms with Crippen LogP contribution in [0.15, 0.2) is 66.3 Å². The van der Waals surface area contributed by atoms with Crippen LogP contribution in [0, 0.1) is 17.8 Å². The number of hydrogen-bond acceptors (Lipinski definition) is 0. The highest BCUT2D eigenvalue weighted by Gasteiger charge is 2.32. The van der Waals surface area contributed by atoms with Crippen LogP contribution >= 0.6 is 0 Å². The molecule has 5 rings (SSSR count). The third-order valence-electron chi connectivity index (χ3n) is 8.99. The Hall–Kier alpha value is -2.08. The lowest BCUT2D eigenvalue weighted by atomic mass is 9.74. The van der Waals surface area contributed by atoms with E-state index in [9.17, 15) is 0 Å². The van der Waals surface area contributed by atoms with Gasteiger partial charge >= 0.3 is 0 Å². The predicted octanol–water partition coefficient (Wildman–Crippen LogP) is 9.29. The Morgan fingerprint density at radius 2 is 1.88 bits per heavy atom. The molecular formula is C33H42. The summed E-state index contributed by atoms with van der Waals surface area (Å²) in [5, 5.41) is 0. The molecule has 3 unspecified atom stereocenters. The smallest absolute Gasteiger partial charge is 0.00839 e. The quantitative estimate of drug-likeness (QED) is 0.372. The summed E-state index contributed by atoms with van der Waals surface area (Å²) < 4.78 is 0. The molecule has 1 saturated carbocycles. The lowest BCUT2D eigenvalue weighted by Gasteiger charge is -2.31. The van der Waals surface area contributed by atoms with Crippen molar-refractivity contribution in [1.29, 1.82) is 0 Å². The van der Waals surface area contributed by atoms with Gasteiger partial charge < -0.3 is 0 Å². The molecular weight excluding hydrogens is 396 g/mol. The van der Waals surface area contributed by atoms with Gasteiger partial charge in [-0.15, -0.1) is 0 Å². The number of allylic oxidation sites excluding steroid dienone is 9. The topological polar surface area (TPSA) is 0 Å². The molecule has 0 heterocycles. The molecule has 0 nitrogen and oxygen atoms in total. The van der Waals surface area contributed by atoms with Crippen molar-refractivity contribution in [3.8, 4) is 0 Å². The van der Waals surface area contributed by atoms with Crippen LogP contribution < -0.4 is 0 Å². The van der Waals surface area contributed by atoms with Crippen molar-refractivity contribution in [3.63, 3.8) is 0 Å². The molecule has 33 heavy (non-hydrogen) atoms. The van der Waals surface area contributed by atoms with Gasteiger partial charge in [-0.25, -0.2) is 0 Å². The Balaban J connectivity index is 1.47. The molecule has 4 aliphatic rings. The van der Waals surface area contributed by atoms with Crippen LogP contribution in [0.2, 0.25) is 0 Å². The van der Waals surface area contributed by atoms with Gasteiger partial charge in [0.2, 0.25) is 0 Å². The molecule has 0 amide bonds. The first-order chi connectivity index (χ1) is 16.2. The third kappa shape index (κ3) is 4.51. The molecule has 0 N–H and O–H groups in total. The molecule has 0 bridgehead atoms. The standard InChI is InChI=1S/C33H42/c1-4-5-7-15-27-19-20-30-23(2)29(21-28-18-17-26-14-10-11-16-31(26)28)22-32(30)33(27)24(3)25-12-8-6-9-13-25/h10-11,14,16,18-21,24-26,31H,2,4-9,12-13,15,17,22H2,1,3H3/b29-21+. The van der Waals surface area contributed by atoms with Crippen LogP contribution in [-0.4, -0.2) is 0 Å². The van der Waals surface area contributed by atoms with Crippen LogP contribution in [0.3, 0.4) is 0 Å². The Kier molecular flexibility index (Phi) is 6.91. The molecule has 174 valence electrons. The van der Waals surface area contributed by atoms with Crippen LogP contribution in [-0.2, 0) is 12.8 Å². The lowest BCUT2D eigenvalue weighted by Crippen LogP contribution is -2.17. The summed E-state index contributed by atoms with van der Waals surface area (Å²) in [4.78, 5) is 0. The minimum Gasteiger partial charge on any atom is -0.0909 e. The summed E-state index contributed by atoms with van der Waals surface area (Å²) >= 11 is 0. The molecule has 0 aromatic heterocycles. The van der Waals surface area contributed by atoms with E-state index in [4.69, 9.17) is 0 Å². The average molecular weight is 439 g/mol. The number of benzene rings is 1. The molecule has 0 aliphatic heterocycles. The Labute approximate surface area is 202 Å². The van der Waals surface area contributed by atoms with E-state index in [2.05, 4.69) is 69.0 Å². The lowest BCUT2D eigenvalue weighted by molar-refractivity contribution is 0.314. The van der Waals surface area contributed by atoms with Gasteiger partial charge in [-0.1, -0.05) is 101 Å². The van der Waals surface area contributed by atoms with E-state index in [1.165, 1.54) is 86.5 Å². The van der Waals surface area contributed by atoms with Gasteiger partial charge in [0.25, 0.3) is 0 Å². The van der Waals surface area contributed by atoms with E-state index >= 15 is 0 Å². The molecule has 1 aromatic rings. The van der Waals surface area contributed by atoms with Gasteiger partial charge in [0.1, 0.15) is 0 Å². The van der Waals surface area contributed by atoms with Crippen molar-refractivity contribution in [3.05, 3.63) is 88.6 Å².